The van der Waals surface area contributed by atoms with Crippen LogP contribution in [0.3, 0.4) is 0 Å². The number of anilines is 2. The van der Waals surface area contributed by atoms with E-state index in [-0.39, 0.29) is 23.8 Å². The average Bonchev–Trinajstić information content (AvgIpc) is 3.00. The number of nitrogens with zero attached hydrogens (tertiary/aromatic N) is 2. The first-order valence-corrected chi connectivity index (χ1v) is 9.19. The number of amides is 2. The molecule has 1 aliphatic heterocycles. The maximum atomic E-state index is 12.2. The number of rotatable bonds is 5. The van der Waals surface area contributed by atoms with Crippen molar-refractivity contribution >= 4 is 34.8 Å². The van der Waals surface area contributed by atoms with Crippen molar-refractivity contribution in [1.82, 2.24) is 9.97 Å². The third kappa shape index (κ3) is 4.36. The monoisotopic (exact) mass is 388 g/mol. The van der Waals surface area contributed by atoms with E-state index in [1.54, 1.807) is 36.9 Å². The molecule has 1 saturated heterocycles. The first kappa shape index (κ1) is 19.1. The van der Waals surface area contributed by atoms with Gasteiger partial charge in [0.05, 0.1) is 10.7 Å². The highest BCUT2D eigenvalue weighted by molar-refractivity contribution is 6.34. The molecule has 0 atom stereocenters. The third-order valence-electron chi connectivity index (χ3n) is 4.54. The second-order valence-electron chi connectivity index (χ2n) is 6.58. The van der Waals surface area contributed by atoms with Crippen molar-refractivity contribution in [2.24, 2.45) is 0 Å². The summed E-state index contributed by atoms with van der Waals surface area (Å²) in [6.07, 6.45) is 1.80. The fourth-order valence-electron chi connectivity index (χ4n) is 3.21. The molecule has 2 N–H and O–H groups in total. The third-order valence-corrected chi connectivity index (χ3v) is 4.84. The number of carbonyl (C=O) groups excluding carboxylic acids is 2. The van der Waals surface area contributed by atoms with Gasteiger partial charge in [0, 0.05) is 36.3 Å². The second kappa shape index (κ2) is 7.92. The highest BCUT2D eigenvalue weighted by Crippen LogP contribution is 2.31. The van der Waals surface area contributed by atoms with Gasteiger partial charge in [-0.15, -0.1) is 0 Å². The second-order valence-corrected chi connectivity index (χ2v) is 6.99. The van der Waals surface area contributed by atoms with Crippen LogP contribution in [0.2, 0.25) is 5.02 Å². The maximum absolute atomic E-state index is 12.2. The smallest absolute Gasteiger partial charge is 0.254 e. The van der Waals surface area contributed by atoms with Crippen LogP contribution in [-0.4, -0.2) is 28.3 Å². The SMILES string of the molecule is Cc1nc(C)c(CCC(=O)Nc2ccc(N3CCCC3=O)c(Cl)c2)c(=O)[nH]1. The maximum Gasteiger partial charge on any atom is 0.254 e. The summed E-state index contributed by atoms with van der Waals surface area (Å²) in [4.78, 5) is 44.6. The van der Waals surface area contributed by atoms with Gasteiger partial charge in [0.2, 0.25) is 11.8 Å². The fraction of sp³-hybridized carbons (Fsp3) is 0.368. The van der Waals surface area contributed by atoms with Gasteiger partial charge in [0.1, 0.15) is 5.82 Å². The predicted molar refractivity (Wildman–Crippen MR) is 104 cm³/mol. The molecule has 142 valence electrons. The highest BCUT2D eigenvalue weighted by Gasteiger charge is 2.23. The molecular formula is C19H21ClN4O3. The van der Waals surface area contributed by atoms with E-state index >= 15 is 0 Å². The number of benzene rings is 1. The lowest BCUT2D eigenvalue weighted by Gasteiger charge is -2.18. The predicted octanol–water partition coefficient (Wildman–Crippen LogP) is 2.74. The van der Waals surface area contributed by atoms with Crippen LogP contribution >= 0.6 is 11.6 Å². The molecule has 2 amide bonds. The minimum Gasteiger partial charge on any atom is -0.326 e. The van der Waals surface area contributed by atoms with Crippen molar-refractivity contribution in [3.8, 4) is 0 Å². The van der Waals surface area contributed by atoms with Gasteiger partial charge in [-0.2, -0.15) is 0 Å². The summed E-state index contributed by atoms with van der Waals surface area (Å²) in [5.41, 5.74) is 2.14. The molecule has 2 heterocycles. The van der Waals surface area contributed by atoms with Gasteiger partial charge in [-0.25, -0.2) is 4.98 Å². The van der Waals surface area contributed by atoms with Crippen LogP contribution in [0.4, 0.5) is 11.4 Å². The van der Waals surface area contributed by atoms with Gasteiger partial charge >= 0.3 is 0 Å². The Morgan fingerprint density at radius 1 is 1.33 bits per heavy atom. The Morgan fingerprint density at radius 2 is 2.11 bits per heavy atom. The molecule has 27 heavy (non-hydrogen) atoms. The van der Waals surface area contributed by atoms with Crippen molar-refractivity contribution in [2.75, 3.05) is 16.8 Å². The summed E-state index contributed by atoms with van der Waals surface area (Å²) >= 11 is 6.29. The average molecular weight is 389 g/mol. The van der Waals surface area contributed by atoms with Crippen molar-refractivity contribution in [3.05, 3.63) is 50.7 Å². The summed E-state index contributed by atoms with van der Waals surface area (Å²) < 4.78 is 0. The summed E-state index contributed by atoms with van der Waals surface area (Å²) in [6.45, 7) is 4.13. The zero-order chi connectivity index (χ0) is 19.6. The Kier molecular flexibility index (Phi) is 5.60. The molecule has 7 nitrogen and oxygen atoms in total. The Labute approximate surface area is 161 Å². The quantitative estimate of drug-likeness (QED) is 0.823. The molecule has 0 radical (unpaired) electrons. The summed E-state index contributed by atoms with van der Waals surface area (Å²) in [5.74, 6) is 0.383. The number of hydrogen-bond donors (Lipinski definition) is 2. The van der Waals surface area contributed by atoms with Crippen LogP contribution in [0.25, 0.3) is 0 Å². The van der Waals surface area contributed by atoms with Gasteiger partial charge in [0.25, 0.3) is 5.56 Å². The van der Waals surface area contributed by atoms with Gasteiger partial charge < -0.3 is 15.2 Å². The largest absolute Gasteiger partial charge is 0.326 e. The molecule has 0 unspecified atom stereocenters. The van der Waals surface area contributed by atoms with E-state index in [0.717, 1.165) is 6.42 Å². The number of hydrogen-bond acceptors (Lipinski definition) is 4. The van der Waals surface area contributed by atoms with E-state index in [4.69, 9.17) is 11.6 Å². The normalized spacial score (nSPS) is 13.9. The molecule has 0 spiro atoms. The van der Waals surface area contributed by atoms with Crippen LogP contribution in [0.5, 0.6) is 0 Å². The van der Waals surface area contributed by atoms with Crippen LogP contribution < -0.4 is 15.8 Å². The summed E-state index contributed by atoms with van der Waals surface area (Å²) in [6, 6.07) is 5.09. The number of aryl methyl sites for hydroxylation is 2. The van der Waals surface area contributed by atoms with Gasteiger partial charge in [-0.3, -0.25) is 14.4 Å². The fourth-order valence-corrected chi connectivity index (χ4v) is 3.50. The van der Waals surface area contributed by atoms with E-state index in [1.807, 2.05) is 0 Å². The van der Waals surface area contributed by atoms with Crippen LogP contribution in [0.1, 0.15) is 36.3 Å². The zero-order valence-corrected chi connectivity index (χ0v) is 16.0. The van der Waals surface area contributed by atoms with Gasteiger partial charge in [0.15, 0.2) is 0 Å². The van der Waals surface area contributed by atoms with E-state index in [9.17, 15) is 14.4 Å². The molecule has 2 aromatic rings. The molecule has 0 bridgehead atoms. The number of nitrogens with one attached hydrogen (secondary N) is 2. The standard InChI is InChI=1S/C19H21ClN4O3/c1-11-14(19(27)22-12(2)21-11)6-8-17(25)23-13-5-7-16(15(20)10-13)24-9-3-4-18(24)26/h5,7,10H,3-4,6,8-9H2,1-2H3,(H,23,25)(H,21,22,27). The van der Waals surface area contributed by atoms with Crippen LogP contribution in [0, 0.1) is 13.8 Å². The molecule has 1 aliphatic rings. The minimum absolute atomic E-state index is 0.0565. The number of aromatic amines is 1. The molecule has 1 aromatic heterocycles. The minimum atomic E-state index is -0.226. The highest BCUT2D eigenvalue weighted by atomic mass is 35.5. The number of carbonyl (C=O) groups is 2. The Balaban J connectivity index is 1.64. The van der Waals surface area contributed by atoms with Gasteiger partial charge in [-0.05, 0) is 44.9 Å². The topological polar surface area (TPSA) is 95.2 Å². The van der Waals surface area contributed by atoms with Crippen molar-refractivity contribution in [2.45, 2.75) is 39.5 Å². The number of H-pyrrole nitrogens is 1. The first-order chi connectivity index (χ1) is 12.8. The Morgan fingerprint density at radius 3 is 2.74 bits per heavy atom. The zero-order valence-electron chi connectivity index (χ0n) is 15.3. The van der Waals surface area contributed by atoms with E-state index < -0.39 is 0 Å². The lowest BCUT2D eigenvalue weighted by molar-refractivity contribution is -0.117. The molecule has 0 saturated carbocycles. The molecule has 1 fully saturated rings. The molecule has 1 aromatic carbocycles. The number of halogens is 1. The molecule has 8 heteroatoms. The molecular weight excluding hydrogens is 368 g/mol. The van der Waals surface area contributed by atoms with Crippen LogP contribution in [-0.2, 0) is 16.0 Å². The van der Waals surface area contributed by atoms with Crippen LogP contribution in [0.15, 0.2) is 23.0 Å². The van der Waals surface area contributed by atoms with E-state index in [2.05, 4.69) is 15.3 Å². The number of aromatic nitrogens is 2. The molecule has 0 aliphatic carbocycles. The molecule has 3 rings (SSSR count). The Hall–Kier alpha value is -2.67. The van der Waals surface area contributed by atoms with Crippen molar-refractivity contribution < 1.29 is 9.59 Å². The lowest BCUT2D eigenvalue weighted by atomic mass is 10.1. The Bertz CT molecular complexity index is 954. The van der Waals surface area contributed by atoms with Crippen molar-refractivity contribution in [3.63, 3.8) is 0 Å². The lowest BCUT2D eigenvalue weighted by Crippen LogP contribution is -2.24. The van der Waals surface area contributed by atoms with E-state index in [0.29, 0.717) is 52.9 Å². The van der Waals surface area contributed by atoms with E-state index in [1.165, 1.54) is 0 Å². The van der Waals surface area contributed by atoms with Crippen molar-refractivity contribution in [1.29, 1.82) is 0 Å². The van der Waals surface area contributed by atoms with Gasteiger partial charge in [-0.1, -0.05) is 11.6 Å². The summed E-state index contributed by atoms with van der Waals surface area (Å²) in [5, 5.41) is 3.19. The summed E-state index contributed by atoms with van der Waals surface area (Å²) in [7, 11) is 0. The first-order valence-electron chi connectivity index (χ1n) is 8.81.